The van der Waals surface area contributed by atoms with Crippen molar-refractivity contribution < 1.29 is 13.9 Å². The Morgan fingerprint density at radius 1 is 1.00 bits per heavy atom. The third kappa shape index (κ3) is 2.80. The molecule has 0 bridgehead atoms. The van der Waals surface area contributed by atoms with Gasteiger partial charge in [0.15, 0.2) is 10.5 Å². The molecule has 22 heavy (non-hydrogen) atoms. The molecule has 0 N–H and O–H groups in total. The zero-order chi connectivity index (χ0) is 15.5. The number of hydrogen-bond donors (Lipinski definition) is 0. The van der Waals surface area contributed by atoms with E-state index in [0.29, 0.717) is 27.6 Å². The average molecular weight is 314 g/mol. The molecule has 3 aromatic rings. The van der Waals surface area contributed by atoms with Gasteiger partial charge in [0.1, 0.15) is 22.5 Å². The van der Waals surface area contributed by atoms with Gasteiger partial charge in [-0.3, -0.25) is 4.79 Å². The molecule has 0 saturated heterocycles. The molecular weight excluding hydrogens is 300 g/mol. The minimum absolute atomic E-state index is 0.140. The van der Waals surface area contributed by atoms with Crippen LogP contribution in [-0.2, 0) is 0 Å². The van der Waals surface area contributed by atoms with Crippen molar-refractivity contribution in [3.05, 3.63) is 58.8 Å². The Kier molecular flexibility index (Phi) is 4.06. The summed E-state index contributed by atoms with van der Waals surface area (Å²) in [7, 11) is 3.07. The van der Waals surface area contributed by atoms with E-state index in [0.717, 1.165) is 4.90 Å². The molecule has 0 aliphatic heterocycles. The highest BCUT2D eigenvalue weighted by Gasteiger charge is 2.13. The number of benzene rings is 2. The van der Waals surface area contributed by atoms with Gasteiger partial charge in [0.05, 0.1) is 14.2 Å². The first kappa shape index (κ1) is 14.5. The van der Waals surface area contributed by atoms with Crippen LogP contribution in [0.25, 0.3) is 11.0 Å². The molecule has 4 nitrogen and oxygen atoms in total. The Morgan fingerprint density at radius 3 is 2.45 bits per heavy atom. The molecule has 0 aliphatic carbocycles. The maximum absolute atomic E-state index is 12.4. The van der Waals surface area contributed by atoms with Crippen LogP contribution in [0.4, 0.5) is 0 Å². The van der Waals surface area contributed by atoms with Crippen LogP contribution in [0.5, 0.6) is 11.5 Å². The second-order valence-electron chi connectivity index (χ2n) is 4.55. The van der Waals surface area contributed by atoms with Gasteiger partial charge in [-0.25, -0.2) is 0 Å². The SMILES string of the molecule is COc1cc(OC)c2c(=O)cc(Sc3ccccc3)oc2c1. The molecule has 3 rings (SSSR count). The van der Waals surface area contributed by atoms with E-state index in [1.807, 2.05) is 30.3 Å². The van der Waals surface area contributed by atoms with Crippen LogP contribution in [-0.4, -0.2) is 14.2 Å². The van der Waals surface area contributed by atoms with Gasteiger partial charge in [0.25, 0.3) is 0 Å². The number of hydrogen-bond acceptors (Lipinski definition) is 5. The highest BCUT2D eigenvalue weighted by molar-refractivity contribution is 7.99. The second kappa shape index (κ2) is 6.15. The van der Waals surface area contributed by atoms with Gasteiger partial charge in [-0.2, -0.15) is 0 Å². The molecule has 0 aliphatic rings. The lowest BCUT2D eigenvalue weighted by Gasteiger charge is -2.08. The largest absolute Gasteiger partial charge is 0.496 e. The summed E-state index contributed by atoms with van der Waals surface area (Å²) >= 11 is 1.40. The zero-order valence-corrected chi connectivity index (χ0v) is 13.0. The standard InChI is InChI=1S/C17H14O4S/c1-19-11-8-14(20-2)17-13(18)10-16(21-15(17)9-11)22-12-6-4-3-5-7-12/h3-10H,1-2H3. The molecule has 1 aromatic heterocycles. The van der Waals surface area contributed by atoms with E-state index < -0.39 is 0 Å². The fourth-order valence-corrected chi connectivity index (χ4v) is 2.96. The van der Waals surface area contributed by atoms with Crippen molar-refractivity contribution in [2.75, 3.05) is 14.2 Å². The van der Waals surface area contributed by atoms with Crippen LogP contribution >= 0.6 is 11.8 Å². The maximum Gasteiger partial charge on any atom is 0.197 e. The van der Waals surface area contributed by atoms with Gasteiger partial charge < -0.3 is 13.9 Å². The van der Waals surface area contributed by atoms with Crippen LogP contribution in [0, 0.1) is 0 Å². The number of rotatable bonds is 4. The van der Waals surface area contributed by atoms with Gasteiger partial charge in [0, 0.05) is 23.1 Å². The van der Waals surface area contributed by atoms with Gasteiger partial charge in [-0.1, -0.05) is 30.0 Å². The van der Waals surface area contributed by atoms with E-state index >= 15 is 0 Å². The molecular formula is C17H14O4S. The number of fused-ring (bicyclic) bond motifs is 1. The second-order valence-corrected chi connectivity index (χ2v) is 5.63. The molecule has 0 atom stereocenters. The van der Waals surface area contributed by atoms with E-state index in [1.165, 1.54) is 24.9 Å². The quantitative estimate of drug-likeness (QED) is 0.729. The topological polar surface area (TPSA) is 48.7 Å². The highest BCUT2D eigenvalue weighted by Crippen LogP contribution is 2.33. The summed E-state index contributed by atoms with van der Waals surface area (Å²) in [6.07, 6.45) is 0. The molecule has 1 heterocycles. The van der Waals surface area contributed by atoms with Crippen molar-refractivity contribution in [2.45, 2.75) is 9.99 Å². The number of ether oxygens (including phenoxy) is 2. The summed E-state index contributed by atoms with van der Waals surface area (Å²) in [5.41, 5.74) is 0.307. The lowest BCUT2D eigenvalue weighted by Crippen LogP contribution is -2.03. The third-order valence-corrected chi connectivity index (χ3v) is 4.07. The molecule has 0 amide bonds. The van der Waals surface area contributed by atoms with Crippen LogP contribution in [0.3, 0.4) is 0 Å². The normalized spacial score (nSPS) is 10.6. The Hall–Kier alpha value is -2.40. The van der Waals surface area contributed by atoms with Crippen molar-refractivity contribution >= 4 is 22.7 Å². The summed E-state index contributed by atoms with van der Waals surface area (Å²) in [5.74, 6) is 1.02. The fraction of sp³-hybridized carbons (Fsp3) is 0.118. The van der Waals surface area contributed by atoms with E-state index in [2.05, 4.69) is 0 Å². The predicted octanol–water partition coefficient (Wildman–Crippen LogP) is 3.96. The minimum atomic E-state index is -0.140. The predicted molar refractivity (Wildman–Crippen MR) is 86.2 cm³/mol. The lowest BCUT2D eigenvalue weighted by atomic mass is 10.2. The zero-order valence-electron chi connectivity index (χ0n) is 12.2. The highest BCUT2D eigenvalue weighted by atomic mass is 32.2. The van der Waals surface area contributed by atoms with E-state index in [9.17, 15) is 4.79 Å². The molecule has 0 unspecified atom stereocenters. The summed E-state index contributed by atoms with van der Waals surface area (Å²) in [6.45, 7) is 0. The van der Waals surface area contributed by atoms with Crippen molar-refractivity contribution in [2.24, 2.45) is 0 Å². The van der Waals surface area contributed by atoms with Gasteiger partial charge >= 0.3 is 0 Å². The van der Waals surface area contributed by atoms with E-state index in [1.54, 1.807) is 19.2 Å². The first-order valence-electron chi connectivity index (χ1n) is 6.64. The summed E-state index contributed by atoms with van der Waals surface area (Å²) in [6, 6.07) is 14.6. The Labute approximate surface area is 131 Å². The molecule has 0 radical (unpaired) electrons. The molecule has 0 spiro atoms. The third-order valence-electron chi connectivity index (χ3n) is 3.16. The van der Waals surface area contributed by atoms with Crippen molar-refractivity contribution in [3.63, 3.8) is 0 Å². The van der Waals surface area contributed by atoms with Crippen molar-refractivity contribution in [3.8, 4) is 11.5 Å². The van der Waals surface area contributed by atoms with Crippen molar-refractivity contribution in [1.82, 2.24) is 0 Å². The summed E-state index contributed by atoms with van der Waals surface area (Å²) in [4.78, 5) is 13.4. The van der Waals surface area contributed by atoms with Crippen LogP contribution < -0.4 is 14.9 Å². The summed E-state index contributed by atoms with van der Waals surface area (Å²) < 4.78 is 16.3. The van der Waals surface area contributed by atoms with Gasteiger partial charge in [-0.15, -0.1) is 0 Å². The Bertz CT molecular complexity index is 856. The average Bonchev–Trinajstić information content (AvgIpc) is 2.54. The molecule has 0 saturated carbocycles. The van der Waals surface area contributed by atoms with Gasteiger partial charge in [-0.05, 0) is 12.1 Å². The molecule has 0 fully saturated rings. The van der Waals surface area contributed by atoms with Crippen molar-refractivity contribution in [1.29, 1.82) is 0 Å². The first-order chi connectivity index (χ1) is 10.7. The van der Waals surface area contributed by atoms with Crippen LogP contribution in [0.1, 0.15) is 0 Å². The first-order valence-corrected chi connectivity index (χ1v) is 7.45. The fourth-order valence-electron chi connectivity index (χ4n) is 2.14. The maximum atomic E-state index is 12.4. The Morgan fingerprint density at radius 2 is 1.77 bits per heavy atom. The monoisotopic (exact) mass is 314 g/mol. The molecule has 5 heteroatoms. The minimum Gasteiger partial charge on any atom is -0.496 e. The lowest BCUT2D eigenvalue weighted by molar-refractivity contribution is 0.394. The van der Waals surface area contributed by atoms with E-state index in [-0.39, 0.29) is 5.43 Å². The van der Waals surface area contributed by atoms with Gasteiger partial charge in [0.2, 0.25) is 0 Å². The van der Waals surface area contributed by atoms with Crippen LogP contribution in [0.2, 0.25) is 0 Å². The molecule has 112 valence electrons. The van der Waals surface area contributed by atoms with Crippen LogP contribution in [0.15, 0.2) is 67.7 Å². The smallest absolute Gasteiger partial charge is 0.197 e. The van der Waals surface area contributed by atoms with E-state index in [4.69, 9.17) is 13.9 Å². The Balaban J connectivity index is 2.13. The molecule has 2 aromatic carbocycles. The number of methoxy groups -OCH3 is 2. The summed E-state index contributed by atoms with van der Waals surface area (Å²) in [5, 5.41) is 0.944.